The molecule has 0 spiro atoms. The number of carbonyl (C=O) groups excluding carboxylic acids is 3. The van der Waals surface area contributed by atoms with Crippen LogP contribution in [0.25, 0.3) is 10.9 Å². The highest BCUT2D eigenvalue weighted by atomic mass is 35.5. The number of aromatic amines is 1. The molecule has 0 radical (unpaired) electrons. The van der Waals surface area contributed by atoms with Crippen molar-refractivity contribution in [1.29, 1.82) is 0 Å². The van der Waals surface area contributed by atoms with Gasteiger partial charge >= 0.3 is 12.0 Å². The number of benzene rings is 1. The van der Waals surface area contributed by atoms with E-state index in [9.17, 15) is 14.4 Å². The number of carbonyl (C=O) groups is 3. The zero-order chi connectivity index (χ0) is 17.0. The van der Waals surface area contributed by atoms with E-state index >= 15 is 0 Å². The molecule has 1 aromatic carbocycles. The lowest BCUT2D eigenvalue weighted by Gasteiger charge is -2.12. The number of ether oxygens (including phenoxy) is 1. The molecule has 3 N–H and O–H groups in total. The number of para-hydroxylation sites is 1. The lowest BCUT2D eigenvalue weighted by Crippen LogP contribution is -2.44. The molecule has 7 nitrogen and oxygen atoms in total. The Morgan fingerprint density at radius 2 is 2.00 bits per heavy atom. The summed E-state index contributed by atoms with van der Waals surface area (Å²) in [7, 11) is 0. The first-order valence-electron chi connectivity index (χ1n) is 7.00. The van der Waals surface area contributed by atoms with E-state index in [1.54, 1.807) is 31.2 Å². The normalized spacial score (nSPS) is 11.8. The predicted octanol–water partition coefficient (Wildman–Crippen LogP) is 2.21. The lowest BCUT2D eigenvalue weighted by molar-refractivity contribution is -0.127. The molecule has 1 aromatic heterocycles. The van der Waals surface area contributed by atoms with Crippen molar-refractivity contribution in [1.82, 2.24) is 15.6 Å². The fraction of sp³-hybridized carbons (Fsp3) is 0.267. The van der Waals surface area contributed by atoms with Crippen LogP contribution in [0.1, 0.15) is 24.3 Å². The molecule has 1 atom stereocenters. The molecule has 0 saturated carbocycles. The zero-order valence-corrected chi connectivity index (χ0v) is 13.4. The molecule has 0 aliphatic heterocycles. The summed E-state index contributed by atoms with van der Waals surface area (Å²) >= 11 is 6.14. The number of esters is 1. The van der Waals surface area contributed by atoms with Crippen LogP contribution in [0.5, 0.6) is 0 Å². The van der Waals surface area contributed by atoms with Crippen molar-refractivity contribution in [3.63, 3.8) is 0 Å². The standard InChI is InChI=1S/C15H16ClN3O4/c1-3-17-15(22)19-13(20)8(2)23-14(21)12-11(16)9-6-4-5-7-10(9)18-12/h4-8,18H,3H2,1-2H3,(H2,17,19,20,22). The Bertz CT molecular complexity index is 756. The average molecular weight is 338 g/mol. The number of H-pyrrole nitrogens is 1. The maximum absolute atomic E-state index is 12.1. The van der Waals surface area contributed by atoms with E-state index in [1.165, 1.54) is 6.92 Å². The maximum Gasteiger partial charge on any atom is 0.357 e. The first-order chi connectivity index (χ1) is 10.9. The van der Waals surface area contributed by atoms with Gasteiger partial charge in [-0.3, -0.25) is 10.1 Å². The number of nitrogens with one attached hydrogen (secondary N) is 3. The molecule has 23 heavy (non-hydrogen) atoms. The van der Waals surface area contributed by atoms with Crippen molar-refractivity contribution in [2.45, 2.75) is 20.0 Å². The summed E-state index contributed by atoms with van der Waals surface area (Å²) in [6.07, 6.45) is -1.15. The van der Waals surface area contributed by atoms with Crippen LogP contribution in [-0.2, 0) is 9.53 Å². The van der Waals surface area contributed by atoms with Gasteiger partial charge in [0, 0.05) is 17.4 Å². The van der Waals surface area contributed by atoms with Crippen molar-refractivity contribution >= 4 is 40.4 Å². The van der Waals surface area contributed by atoms with E-state index in [0.29, 0.717) is 17.4 Å². The summed E-state index contributed by atoms with van der Waals surface area (Å²) < 4.78 is 5.04. The molecule has 1 unspecified atom stereocenters. The Morgan fingerprint density at radius 1 is 1.30 bits per heavy atom. The number of aromatic nitrogens is 1. The van der Waals surface area contributed by atoms with Gasteiger partial charge in [-0.15, -0.1) is 0 Å². The Labute approximate surface area is 137 Å². The predicted molar refractivity (Wildman–Crippen MR) is 85.4 cm³/mol. The molecule has 1 heterocycles. The summed E-state index contributed by atoms with van der Waals surface area (Å²) in [6.45, 7) is 3.45. The number of halogens is 1. The maximum atomic E-state index is 12.1. The third-order valence-electron chi connectivity index (χ3n) is 3.07. The van der Waals surface area contributed by atoms with Crippen LogP contribution in [0.4, 0.5) is 4.79 Å². The number of rotatable bonds is 4. The Morgan fingerprint density at radius 3 is 2.65 bits per heavy atom. The molecule has 2 aromatic rings. The molecule has 0 aliphatic carbocycles. The van der Waals surface area contributed by atoms with Gasteiger partial charge in [0.15, 0.2) is 6.10 Å². The highest BCUT2D eigenvalue weighted by Gasteiger charge is 2.24. The van der Waals surface area contributed by atoms with E-state index in [0.717, 1.165) is 0 Å². The Hall–Kier alpha value is -2.54. The minimum absolute atomic E-state index is 0.0607. The largest absolute Gasteiger partial charge is 0.448 e. The van der Waals surface area contributed by atoms with Crippen LogP contribution < -0.4 is 10.6 Å². The average Bonchev–Trinajstić information content (AvgIpc) is 2.85. The van der Waals surface area contributed by atoms with Crippen molar-refractivity contribution < 1.29 is 19.1 Å². The molecule has 0 bridgehead atoms. The van der Waals surface area contributed by atoms with Crippen molar-refractivity contribution in [3.8, 4) is 0 Å². The fourth-order valence-corrected chi connectivity index (χ4v) is 2.23. The van der Waals surface area contributed by atoms with Gasteiger partial charge in [-0.05, 0) is 19.9 Å². The minimum atomic E-state index is -1.15. The third-order valence-corrected chi connectivity index (χ3v) is 3.47. The van der Waals surface area contributed by atoms with Crippen LogP contribution in [-0.4, -0.2) is 35.5 Å². The zero-order valence-electron chi connectivity index (χ0n) is 12.6. The number of fused-ring (bicyclic) bond motifs is 1. The summed E-state index contributed by atoms with van der Waals surface area (Å²) in [5, 5.41) is 5.38. The van der Waals surface area contributed by atoms with Gasteiger partial charge in [-0.25, -0.2) is 9.59 Å². The van der Waals surface area contributed by atoms with Crippen molar-refractivity contribution in [2.75, 3.05) is 6.54 Å². The molecule has 0 aliphatic rings. The van der Waals surface area contributed by atoms with E-state index in [4.69, 9.17) is 16.3 Å². The monoisotopic (exact) mass is 337 g/mol. The van der Waals surface area contributed by atoms with Gasteiger partial charge in [0.25, 0.3) is 5.91 Å². The third kappa shape index (κ3) is 3.81. The summed E-state index contributed by atoms with van der Waals surface area (Å²) in [5.74, 6) is -1.50. The van der Waals surface area contributed by atoms with Crippen LogP contribution in [0.3, 0.4) is 0 Å². The molecule has 0 fully saturated rings. The second-order valence-corrected chi connectivity index (χ2v) is 5.13. The van der Waals surface area contributed by atoms with Gasteiger partial charge in [-0.2, -0.15) is 0 Å². The van der Waals surface area contributed by atoms with Gasteiger partial charge in [0.05, 0.1) is 5.02 Å². The highest BCUT2D eigenvalue weighted by molar-refractivity contribution is 6.38. The molecular weight excluding hydrogens is 322 g/mol. The number of imide groups is 1. The number of hydrogen-bond donors (Lipinski definition) is 3. The van der Waals surface area contributed by atoms with Crippen LogP contribution in [0.2, 0.25) is 5.02 Å². The second kappa shape index (κ2) is 7.15. The van der Waals surface area contributed by atoms with Crippen LogP contribution >= 0.6 is 11.6 Å². The second-order valence-electron chi connectivity index (χ2n) is 4.76. The highest BCUT2D eigenvalue weighted by Crippen LogP contribution is 2.27. The molecule has 8 heteroatoms. The molecule has 0 saturated heterocycles. The fourth-order valence-electron chi connectivity index (χ4n) is 1.94. The molecular formula is C15H16ClN3O4. The summed E-state index contributed by atoms with van der Waals surface area (Å²) in [6, 6.07) is 6.47. The van der Waals surface area contributed by atoms with Crippen LogP contribution in [0.15, 0.2) is 24.3 Å². The Balaban J connectivity index is 2.07. The molecule has 2 rings (SSSR count). The van der Waals surface area contributed by atoms with E-state index in [-0.39, 0.29) is 10.7 Å². The first-order valence-corrected chi connectivity index (χ1v) is 7.37. The smallest absolute Gasteiger partial charge is 0.357 e. The SMILES string of the molecule is CCNC(=O)NC(=O)C(C)OC(=O)c1[nH]c2ccccc2c1Cl. The quantitative estimate of drug-likeness (QED) is 0.744. The first kappa shape index (κ1) is 16.8. The van der Waals surface area contributed by atoms with Gasteiger partial charge in [0.2, 0.25) is 0 Å². The summed E-state index contributed by atoms with van der Waals surface area (Å²) in [4.78, 5) is 38.0. The van der Waals surface area contributed by atoms with E-state index in [2.05, 4.69) is 15.6 Å². The number of amides is 3. The van der Waals surface area contributed by atoms with E-state index in [1.807, 2.05) is 0 Å². The van der Waals surface area contributed by atoms with Gasteiger partial charge < -0.3 is 15.0 Å². The van der Waals surface area contributed by atoms with E-state index < -0.39 is 24.0 Å². The van der Waals surface area contributed by atoms with Crippen molar-refractivity contribution in [3.05, 3.63) is 35.0 Å². The van der Waals surface area contributed by atoms with Gasteiger partial charge in [-0.1, -0.05) is 29.8 Å². The summed E-state index contributed by atoms with van der Waals surface area (Å²) in [5.41, 5.74) is 0.745. The number of hydrogen-bond acceptors (Lipinski definition) is 4. The lowest BCUT2D eigenvalue weighted by atomic mass is 10.2. The minimum Gasteiger partial charge on any atom is -0.448 e. The van der Waals surface area contributed by atoms with Gasteiger partial charge in [0.1, 0.15) is 5.69 Å². The van der Waals surface area contributed by atoms with Crippen molar-refractivity contribution in [2.24, 2.45) is 0 Å². The molecule has 122 valence electrons. The number of urea groups is 1. The molecule has 3 amide bonds. The Kier molecular flexibility index (Phi) is 5.23. The van der Waals surface area contributed by atoms with Crippen LogP contribution in [0, 0.1) is 0 Å². The topological polar surface area (TPSA) is 100 Å².